The van der Waals surface area contributed by atoms with Gasteiger partial charge in [-0.25, -0.2) is 0 Å². The Morgan fingerprint density at radius 2 is 0.0769 bits per heavy atom. The largest absolute Gasteiger partial charge is 0.400 e. The SMILES string of the molecule is CO.N.N.N.N.N.N.N.N.N.N.N.N.N.N.N.N.N.N.N.N.N.N.N.N.N.N.N.N.N.N.N.N.N.N.N.N.N.N.N.N.N.N.N.N.N.N.N.N.N.N. The highest BCUT2D eigenvalue weighted by Gasteiger charge is 0.839. The molecule has 0 aromatic rings. The molecule has 0 rings (SSSR count). The molecule has 0 bridgehead atoms. The molecule has 414 valence electrons. The fourth-order valence-electron chi connectivity index (χ4n) is 0. The number of aliphatic hydroxyl groups is 1. The molecule has 0 aliphatic heterocycles. The number of hydrogen-bond acceptors (Lipinski definition) is 51. The molecule has 0 saturated carbocycles. The van der Waals surface area contributed by atoms with Crippen molar-refractivity contribution in [3.63, 3.8) is 0 Å². The second-order valence-electron chi connectivity index (χ2n) is 0. The zero-order valence-electron chi connectivity index (χ0n) is 36.8. The molecule has 51 heteroatoms. The van der Waals surface area contributed by atoms with Gasteiger partial charge in [-0.2, -0.15) is 0 Å². The van der Waals surface area contributed by atoms with Crippen LogP contribution >= 0.6 is 0 Å². The van der Waals surface area contributed by atoms with E-state index in [9.17, 15) is 0 Å². The molecule has 0 unspecified atom stereocenters. The monoisotopic (exact) mass is 883 g/mol. The van der Waals surface area contributed by atoms with Crippen LogP contribution < -0.4 is 308 Å². The van der Waals surface area contributed by atoms with Crippen molar-refractivity contribution >= 4 is 0 Å². The summed E-state index contributed by atoms with van der Waals surface area (Å²) in [6, 6.07) is 0. The third-order valence-electron chi connectivity index (χ3n) is 0. The van der Waals surface area contributed by atoms with Gasteiger partial charge in [-0.05, 0) is 0 Å². The first-order valence-electron chi connectivity index (χ1n) is 0.447. The number of hydrogen-bond donors (Lipinski definition) is 51. The molecule has 0 aromatic carbocycles. The molecule has 0 aliphatic carbocycles. The van der Waals surface area contributed by atoms with Crippen molar-refractivity contribution in [2.45, 2.75) is 0 Å². The Hall–Kier alpha value is -2.04. The number of rotatable bonds is 0. The second-order valence-corrected chi connectivity index (χ2v) is 0. The Bertz CT molecular complexity index is 14.2. The molecule has 151 N–H and O–H groups in total. The average molecular weight is 884 g/mol. The van der Waals surface area contributed by atoms with Crippen molar-refractivity contribution in [3.8, 4) is 0 Å². The molecular weight excluding hydrogens is 728 g/mol. The van der Waals surface area contributed by atoms with E-state index in [0.717, 1.165) is 7.11 Å². The summed E-state index contributed by atoms with van der Waals surface area (Å²) in [7, 11) is 1.00. The van der Waals surface area contributed by atoms with Gasteiger partial charge in [0.1, 0.15) is 0 Å². The van der Waals surface area contributed by atoms with E-state index in [4.69, 9.17) is 5.11 Å². The third kappa shape index (κ3) is 25400. The van der Waals surface area contributed by atoms with Crippen LogP contribution in [0.1, 0.15) is 0 Å². The molecule has 0 amide bonds. The van der Waals surface area contributed by atoms with Crippen molar-refractivity contribution in [1.82, 2.24) is 308 Å². The summed E-state index contributed by atoms with van der Waals surface area (Å²) in [5.74, 6) is 0. The standard InChI is InChI=1S/CH4O.50H3N/c1-2;;;;;;;;;;;;;;;;;;;;;;;;;;;;;;;;;;;;;;;;;;;;;;;;;;/h2H,1H3;50*1H3. The first kappa shape index (κ1) is 111000. The van der Waals surface area contributed by atoms with Gasteiger partial charge in [-0.1, -0.05) is 0 Å². The van der Waals surface area contributed by atoms with E-state index in [1.807, 2.05) is 0 Å². The predicted octanol–water partition coefficient (Wildman–Crippen LogP) is 7.71. The molecule has 51 nitrogen and oxygen atoms in total. The minimum absolute atomic E-state index is 0. The van der Waals surface area contributed by atoms with Gasteiger partial charge in [0.25, 0.3) is 0 Å². The van der Waals surface area contributed by atoms with Gasteiger partial charge in [0, 0.05) is 7.11 Å². The molecule has 0 fully saturated rings. The summed E-state index contributed by atoms with van der Waals surface area (Å²) >= 11 is 0. The van der Waals surface area contributed by atoms with Gasteiger partial charge in [0.2, 0.25) is 0 Å². The molecule has 0 radical (unpaired) electrons. The lowest BCUT2D eigenvalue weighted by molar-refractivity contribution is 0.399. The molecule has 0 spiro atoms. The van der Waals surface area contributed by atoms with E-state index in [-0.39, 0.29) is 308 Å². The van der Waals surface area contributed by atoms with Gasteiger partial charge in [-0.3, -0.25) is 0 Å². The van der Waals surface area contributed by atoms with Crippen LogP contribution in [0.15, 0.2) is 0 Å². The highest BCUT2D eigenvalue weighted by atomic mass is 16.2. The van der Waals surface area contributed by atoms with Crippen molar-refractivity contribution in [3.05, 3.63) is 0 Å². The van der Waals surface area contributed by atoms with E-state index in [1.54, 1.807) is 0 Å². The first-order valence-corrected chi connectivity index (χ1v) is 0.447. The summed E-state index contributed by atoms with van der Waals surface area (Å²) < 4.78 is 0. The maximum atomic E-state index is 7.00. The van der Waals surface area contributed by atoms with Crippen LogP contribution in [0.3, 0.4) is 0 Å². The smallest absolute Gasteiger partial charge is 0.0319 e. The van der Waals surface area contributed by atoms with Gasteiger partial charge >= 0.3 is 0 Å². The maximum absolute atomic E-state index is 7.00. The predicted molar refractivity (Wildman–Crippen MR) is 259 cm³/mol. The summed E-state index contributed by atoms with van der Waals surface area (Å²) in [6.07, 6.45) is 0. The normalized spacial score (nSPS) is 0.115. The van der Waals surface area contributed by atoms with Crippen LogP contribution in [-0.2, 0) is 0 Å². The van der Waals surface area contributed by atoms with Crippen molar-refractivity contribution in [2.24, 2.45) is 0 Å². The van der Waals surface area contributed by atoms with Crippen LogP contribution in [-0.4, -0.2) is 12.2 Å². The minimum atomic E-state index is 0. The number of aliphatic hydroxyl groups excluding tert-OH is 1. The second kappa shape index (κ2) is 27100. The van der Waals surface area contributed by atoms with Crippen LogP contribution in [0.25, 0.3) is 0 Å². The molecule has 52 heavy (non-hydrogen) atoms. The van der Waals surface area contributed by atoms with Gasteiger partial charge < -0.3 is 313 Å². The fraction of sp³-hybridized carbons (Fsp3) is 1.00. The Morgan fingerprint density at radius 1 is 0.0769 bits per heavy atom. The van der Waals surface area contributed by atoms with Gasteiger partial charge in [0.15, 0.2) is 0 Å². The Labute approximate surface area is 320 Å². The first-order chi connectivity index (χ1) is 1.00. The minimum Gasteiger partial charge on any atom is -0.400 e. The summed E-state index contributed by atoms with van der Waals surface area (Å²) in [5, 5.41) is 7.00. The van der Waals surface area contributed by atoms with E-state index in [1.165, 1.54) is 0 Å². The lowest BCUT2D eigenvalue weighted by atomic mass is 11.8. The van der Waals surface area contributed by atoms with Crippen molar-refractivity contribution in [1.29, 1.82) is 0 Å². The van der Waals surface area contributed by atoms with E-state index < -0.39 is 0 Å². The van der Waals surface area contributed by atoms with Gasteiger partial charge in [0.05, 0.1) is 0 Å². The summed E-state index contributed by atoms with van der Waals surface area (Å²) in [5.41, 5.74) is 0. The summed E-state index contributed by atoms with van der Waals surface area (Å²) in [6.45, 7) is 0. The average Bonchev–Trinajstić information content (AvgIpc) is 1.00. The molecular formula is CH154N50O. The third-order valence-corrected chi connectivity index (χ3v) is 0. The maximum Gasteiger partial charge on any atom is 0.0319 e. The molecule has 0 aliphatic rings. The van der Waals surface area contributed by atoms with E-state index >= 15 is 0 Å². The summed E-state index contributed by atoms with van der Waals surface area (Å²) in [4.78, 5) is 0. The van der Waals surface area contributed by atoms with E-state index in [2.05, 4.69) is 0 Å². The Kier molecular flexibility index (Phi) is 57600000. The highest BCUT2D eigenvalue weighted by molar-refractivity contribution is 3.18. The van der Waals surface area contributed by atoms with Gasteiger partial charge in [-0.15, -0.1) is 0 Å². The molecule has 0 heterocycles. The highest BCUT2D eigenvalue weighted by Crippen LogP contribution is 0.755. The Balaban J connectivity index is -0.00000000000408. The molecule has 0 saturated heterocycles. The van der Waals surface area contributed by atoms with Crippen LogP contribution in [0, 0.1) is 0 Å². The quantitative estimate of drug-likeness (QED) is 0.111. The molecule has 0 aromatic heterocycles. The van der Waals surface area contributed by atoms with Crippen LogP contribution in [0.2, 0.25) is 0 Å². The zero-order valence-corrected chi connectivity index (χ0v) is 36.8. The zero-order chi connectivity index (χ0) is 2.00. The van der Waals surface area contributed by atoms with Crippen LogP contribution in [0.4, 0.5) is 0 Å². The van der Waals surface area contributed by atoms with E-state index in [0.29, 0.717) is 0 Å². The van der Waals surface area contributed by atoms with Crippen molar-refractivity contribution < 1.29 is 5.11 Å². The topological polar surface area (TPSA) is 1770 Å². The lowest BCUT2D eigenvalue weighted by Crippen LogP contribution is -1.25. The van der Waals surface area contributed by atoms with Crippen LogP contribution in [0.5, 0.6) is 0 Å². The Morgan fingerprint density at radius 3 is 0.0769 bits per heavy atom. The fourth-order valence-corrected chi connectivity index (χ4v) is 0. The van der Waals surface area contributed by atoms with Crippen molar-refractivity contribution in [2.75, 3.05) is 7.11 Å². The molecule has 0 atom stereocenters. The lowest BCUT2D eigenvalue weighted by Gasteiger charge is -1.21.